The van der Waals surface area contributed by atoms with Gasteiger partial charge in [-0.2, -0.15) is 0 Å². The van der Waals surface area contributed by atoms with Crippen molar-refractivity contribution < 1.29 is 4.79 Å². The van der Waals surface area contributed by atoms with Gasteiger partial charge in [0, 0.05) is 25.2 Å². The molecular formula is C16H31N3O. The quantitative estimate of drug-likeness (QED) is 0.832. The molecule has 4 heteroatoms. The van der Waals surface area contributed by atoms with Gasteiger partial charge in [0.25, 0.3) is 0 Å². The molecular weight excluding hydrogens is 250 g/mol. The van der Waals surface area contributed by atoms with E-state index >= 15 is 0 Å². The molecule has 1 aliphatic carbocycles. The maximum Gasteiger partial charge on any atom is 0.315 e. The van der Waals surface area contributed by atoms with Crippen LogP contribution in [0.3, 0.4) is 0 Å². The number of amides is 2. The zero-order chi connectivity index (χ0) is 14.4. The molecule has 0 unspecified atom stereocenters. The summed E-state index contributed by atoms with van der Waals surface area (Å²) in [7, 11) is 0. The SMILES string of the molecule is CC(C)N1CCC[C@@H](CNC(=O)NC2CCCCC2)C1. The predicted octanol–water partition coefficient (Wildman–Crippen LogP) is 2.74. The number of urea groups is 1. The molecule has 2 fully saturated rings. The topological polar surface area (TPSA) is 44.4 Å². The Morgan fingerprint density at radius 2 is 1.90 bits per heavy atom. The fourth-order valence-electron chi connectivity index (χ4n) is 3.45. The fraction of sp³-hybridized carbons (Fsp3) is 0.938. The monoisotopic (exact) mass is 281 g/mol. The lowest BCUT2D eigenvalue weighted by atomic mass is 9.95. The maximum absolute atomic E-state index is 11.9. The lowest BCUT2D eigenvalue weighted by Gasteiger charge is -2.35. The Morgan fingerprint density at radius 3 is 2.60 bits per heavy atom. The molecule has 1 heterocycles. The third-order valence-electron chi connectivity index (χ3n) is 4.77. The molecule has 2 N–H and O–H groups in total. The predicted molar refractivity (Wildman–Crippen MR) is 82.8 cm³/mol. The number of likely N-dealkylation sites (tertiary alicyclic amines) is 1. The Kier molecular flexibility index (Phi) is 6.14. The van der Waals surface area contributed by atoms with Gasteiger partial charge >= 0.3 is 6.03 Å². The lowest BCUT2D eigenvalue weighted by molar-refractivity contribution is 0.139. The number of carbonyl (C=O) groups excluding carboxylic acids is 1. The smallest absolute Gasteiger partial charge is 0.315 e. The van der Waals surface area contributed by atoms with E-state index in [1.54, 1.807) is 0 Å². The van der Waals surface area contributed by atoms with E-state index in [-0.39, 0.29) is 6.03 Å². The molecule has 0 bridgehead atoms. The highest BCUT2D eigenvalue weighted by Gasteiger charge is 2.22. The van der Waals surface area contributed by atoms with E-state index in [0.717, 1.165) is 25.9 Å². The molecule has 0 aromatic rings. The van der Waals surface area contributed by atoms with Crippen molar-refractivity contribution in [2.45, 2.75) is 70.9 Å². The van der Waals surface area contributed by atoms with Gasteiger partial charge in [0.15, 0.2) is 0 Å². The molecule has 1 atom stereocenters. The van der Waals surface area contributed by atoms with Crippen LogP contribution in [0.4, 0.5) is 4.79 Å². The lowest BCUT2D eigenvalue weighted by Crippen LogP contribution is -2.47. The first-order valence-electron chi connectivity index (χ1n) is 8.43. The van der Waals surface area contributed by atoms with Crippen LogP contribution in [0.5, 0.6) is 0 Å². The first kappa shape index (κ1) is 15.6. The van der Waals surface area contributed by atoms with Crippen molar-refractivity contribution >= 4 is 6.03 Å². The molecule has 116 valence electrons. The van der Waals surface area contributed by atoms with Crippen LogP contribution in [0.2, 0.25) is 0 Å². The second-order valence-corrected chi connectivity index (χ2v) is 6.79. The Hall–Kier alpha value is -0.770. The molecule has 0 spiro atoms. The second kappa shape index (κ2) is 7.87. The van der Waals surface area contributed by atoms with Gasteiger partial charge in [-0.15, -0.1) is 0 Å². The number of nitrogens with one attached hydrogen (secondary N) is 2. The molecule has 1 saturated heterocycles. The molecule has 4 nitrogen and oxygen atoms in total. The van der Waals surface area contributed by atoms with Gasteiger partial charge in [-0.3, -0.25) is 0 Å². The third-order valence-corrected chi connectivity index (χ3v) is 4.77. The summed E-state index contributed by atoms with van der Waals surface area (Å²) < 4.78 is 0. The Morgan fingerprint density at radius 1 is 1.15 bits per heavy atom. The van der Waals surface area contributed by atoms with E-state index in [1.807, 2.05) is 0 Å². The fourth-order valence-corrected chi connectivity index (χ4v) is 3.45. The summed E-state index contributed by atoms with van der Waals surface area (Å²) in [4.78, 5) is 14.5. The van der Waals surface area contributed by atoms with Gasteiger partial charge in [-0.25, -0.2) is 4.79 Å². The van der Waals surface area contributed by atoms with Crippen LogP contribution < -0.4 is 10.6 Å². The summed E-state index contributed by atoms with van der Waals surface area (Å²) in [5.41, 5.74) is 0. The van der Waals surface area contributed by atoms with Crippen LogP contribution >= 0.6 is 0 Å². The van der Waals surface area contributed by atoms with Gasteiger partial charge in [0.1, 0.15) is 0 Å². The van der Waals surface area contributed by atoms with Crippen LogP contribution in [0.1, 0.15) is 58.8 Å². The zero-order valence-electron chi connectivity index (χ0n) is 13.2. The molecule has 0 radical (unpaired) electrons. The van der Waals surface area contributed by atoms with Crippen LogP contribution in [0.15, 0.2) is 0 Å². The van der Waals surface area contributed by atoms with Crippen molar-refractivity contribution in [3.63, 3.8) is 0 Å². The van der Waals surface area contributed by atoms with Crippen LogP contribution in [-0.4, -0.2) is 42.6 Å². The molecule has 0 aromatic carbocycles. The van der Waals surface area contributed by atoms with Crippen molar-refractivity contribution in [1.82, 2.24) is 15.5 Å². The summed E-state index contributed by atoms with van der Waals surface area (Å²) in [6, 6.07) is 1.06. The molecule has 1 saturated carbocycles. The number of hydrogen-bond donors (Lipinski definition) is 2. The summed E-state index contributed by atoms with van der Waals surface area (Å²) in [6.07, 6.45) is 8.65. The summed E-state index contributed by atoms with van der Waals surface area (Å²) in [5, 5.41) is 6.21. The number of nitrogens with zero attached hydrogens (tertiary/aromatic N) is 1. The van der Waals surface area contributed by atoms with E-state index in [2.05, 4.69) is 29.4 Å². The first-order valence-corrected chi connectivity index (χ1v) is 8.43. The highest BCUT2D eigenvalue weighted by Crippen LogP contribution is 2.18. The third kappa shape index (κ3) is 4.97. The van der Waals surface area contributed by atoms with Crippen molar-refractivity contribution in [3.8, 4) is 0 Å². The van der Waals surface area contributed by atoms with Gasteiger partial charge in [0.2, 0.25) is 0 Å². The zero-order valence-corrected chi connectivity index (χ0v) is 13.2. The number of carbonyl (C=O) groups is 1. The number of rotatable bonds is 4. The maximum atomic E-state index is 11.9. The minimum absolute atomic E-state index is 0.0403. The average molecular weight is 281 g/mol. The van der Waals surface area contributed by atoms with Crippen molar-refractivity contribution in [2.75, 3.05) is 19.6 Å². The second-order valence-electron chi connectivity index (χ2n) is 6.79. The normalized spacial score (nSPS) is 25.6. The summed E-state index contributed by atoms with van der Waals surface area (Å²) in [5.74, 6) is 0.614. The van der Waals surface area contributed by atoms with Crippen molar-refractivity contribution in [3.05, 3.63) is 0 Å². The first-order chi connectivity index (χ1) is 9.65. The Balaban J connectivity index is 1.64. The Bertz CT molecular complexity index is 300. The molecule has 2 rings (SSSR count). The molecule has 0 aromatic heterocycles. The number of hydrogen-bond acceptors (Lipinski definition) is 2. The molecule has 20 heavy (non-hydrogen) atoms. The standard InChI is InChI=1S/C16H31N3O/c1-13(2)19-10-6-7-14(12-19)11-17-16(20)18-15-8-4-3-5-9-15/h13-15H,3-12H2,1-2H3,(H2,17,18,20)/t14-/m0/s1. The van der Waals surface area contributed by atoms with Gasteiger partial charge in [-0.1, -0.05) is 19.3 Å². The van der Waals surface area contributed by atoms with Crippen molar-refractivity contribution in [1.29, 1.82) is 0 Å². The van der Waals surface area contributed by atoms with Crippen molar-refractivity contribution in [2.24, 2.45) is 5.92 Å². The molecule has 1 aliphatic heterocycles. The van der Waals surface area contributed by atoms with E-state index < -0.39 is 0 Å². The average Bonchev–Trinajstić information content (AvgIpc) is 2.46. The highest BCUT2D eigenvalue weighted by atomic mass is 16.2. The van der Waals surface area contributed by atoms with Gasteiger partial charge in [0.05, 0.1) is 0 Å². The minimum Gasteiger partial charge on any atom is -0.338 e. The summed E-state index contributed by atoms with van der Waals surface area (Å²) in [6.45, 7) is 7.67. The Labute approximate surface area is 123 Å². The number of piperidine rings is 1. The van der Waals surface area contributed by atoms with E-state index in [1.165, 1.54) is 38.6 Å². The van der Waals surface area contributed by atoms with Crippen LogP contribution in [0, 0.1) is 5.92 Å². The minimum atomic E-state index is 0.0403. The molecule has 2 amide bonds. The van der Waals surface area contributed by atoms with E-state index in [9.17, 15) is 4.79 Å². The van der Waals surface area contributed by atoms with Crippen LogP contribution in [-0.2, 0) is 0 Å². The van der Waals surface area contributed by atoms with Crippen LogP contribution in [0.25, 0.3) is 0 Å². The van der Waals surface area contributed by atoms with E-state index in [0.29, 0.717) is 18.0 Å². The van der Waals surface area contributed by atoms with E-state index in [4.69, 9.17) is 0 Å². The van der Waals surface area contributed by atoms with Gasteiger partial charge < -0.3 is 15.5 Å². The molecule has 2 aliphatic rings. The highest BCUT2D eigenvalue weighted by molar-refractivity contribution is 5.74. The van der Waals surface area contributed by atoms with Gasteiger partial charge in [-0.05, 0) is 52.0 Å². The largest absolute Gasteiger partial charge is 0.338 e. The summed E-state index contributed by atoms with van der Waals surface area (Å²) >= 11 is 0.